The second-order valence-electron chi connectivity index (χ2n) is 4.43. The Labute approximate surface area is 124 Å². The van der Waals surface area contributed by atoms with Crippen LogP contribution in [0.1, 0.15) is 26.0 Å². The molecule has 0 aliphatic heterocycles. The van der Waals surface area contributed by atoms with E-state index in [4.69, 9.17) is 9.15 Å². The lowest BCUT2D eigenvalue weighted by atomic mass is 10.4. The lowest BCUT2D eigenvalue weighted by Crippen LogP contribution is -2.25. The summed E-state index contributed by atoms with van der Waals surface area (Å²) in [5.74, 6) is 1.92. The Morgan fingerprint density at radius 2 is 2.14 bits per heavy atom. The minimum absolute atomic E-state index is 0.337. The van der Waals surface area contributed by atoms with Gasteiger partial charge in [-0.15, -0.1) is 0 Å². The van der Waals surface area contributed by atoms with Crippen LogP contribution in [-0.4, -0.2) is 35.2 Å². The second-order valence-corrected chi connectivity index (χ2v) is 4.43. The predicted molar refractivity (Wildman–Crippen MR) is 80.6 cm³/mol. The number of ether oxygens (including phenoxy) is 1. The minimum atomic E-state index is 0.337. The van der Waals surface area contributed by atoms with Gasteiger partial charge in [0.1, 0.15) is 5.76 Å². The van der Waals surface area contributed by atoms with E-state index in [1.165, 1.54) is 0 Å². The van der Waals surface area contributed by atoms with Gasteiger partial charge >= 0.3 is 6.01 Å². The summed E-state index contributed by atoms with van der Waals surface area (Å²) in [6, 6.07) is 4.13. The summed E-state index contributed by atoms with van der Waals surface area (Å²) < 4.78 is 10.9. The van der Waals surface area contributed by atoms with Crippen molar-refractivity contribution in [3.8, 4) is 6.01 Å². The zero-order valence-electron chi connectivity index (χ0n) is 12.7. The number of anilines is 2. The quantitative estimate of drug-likeness (QED) is 0.799. The molecule has 0 spiro atoms. The van der Waals surface area contributed by atoms with E-state index in [9.17, 15) is 0 Å². The summed E-state index contributed by atoms with van der Waals surface area (Å²) >= 11 is 0. The largest absolute Gasteiger partial charge is 0.467 e. The number of aromatic nitrogens is 3. The molecule has 114 valence electrons. The molecule has 0 atom stereocenters. The van der Waals surface area contributed by atoms with E-state index < -0.39 is 0 Å². The molecule has 2 aromatic heterocycles. The maximum absolute atomic E-state index is 5.52. The molecule has 0 amide bonds. The van der Waals surface area contributed by atoms with E-state index in [1.54, 1.807) is 13.3 Å². The van der Waals surface area contributed by atoms with Gasteiger partial charge in [-0.1, -0.05) is 6.92 Å². The van der Waals surface area contributed by atoms with Gasteiger partial charge in [-0.25, -0.2) is 0 Å². The zero-order chi connectivity index (χ0) is 15.1. The third kappa shape index (κ3) is 4.08. The number of hydrogen-bond donors (Lipinski definition) is 1. The molecule has 21 heavy (non-hydrogen) atoms. The Bertz CT molecular complexity index is 544. The normalized spacial score (nSPS) is 10.4. The molecule has 0 fully saturated rings. The molecule has 0 aliphatic rings. The van der Waals surface area contributed by atoms with Crippen LogP contribution < -0.4 is 15.0 Å². The van der Waals surface area contributed by atoms with Gasteiger partial charge in [0, 0.05) is 13.6 Å². The Balaban J connectivity index is 2.22. The predicted octanol–water partition coefficient (Wildman–Crippen LogP) is 2.32. The van der Waals surface area contributed by atoms with Gasteiger partial charge in [0.2, 0.25) is 11.9 Å². The minimum Gasteiger partial charge on any atom is -0.467 e. The fraction of sp³-hybridized carbons (Fsp3) is 0.500. The highest BCUT2D eigenvalue weighted by atomic mass is 16.5. The Morgan fingerprint density at radius 1 is 1.29 bits per heavy atom. The monoisotopic (exact) mass is 291 g/mol. The molecule has 0 radical (unpaired) electrons. The highest BCUT2D eigenvalue weighted by Crippen LogP contribution is 2.17. The Hall–Kier alpha value is -2.31. The average Bonchev–Trinajstić information content (AvgIpc) is 3.03. The first-order valence-electron chi connectivity index (χ1n) is 7.10. The smallest absolute Gasteiger partial charge is 0.323 e. The fourth-order valence-electron chi connectivity index (χ4n) is 1.77. The van der Waals surface area contributed by atoms with Crippen LogP contribution in [0.25, 0.3) is 0 Å². The summed E-state index contributed by atoms with van der Waals surface area (Å²) in [6.07, 6.45) is 2.56. The lowest BCUT2D eigenvalue weighted by Gasteiger charge is -2.20. The van der Waals surface area contributed by atoms with E-state index in [2.05, 4.69) is 20.3 Å². The van der Waals surface area contributed by atoms with Crippen molar-refractivity contribution >= 4 is 11.9 Å². The maximum Gasteiger partial charge on any atom is 0.323 e. The highest BCUT2D eigenvalue weighted by Gasteiger charge is 2.14. The van der Waals surface area contributed by atoms with Crippen LogP contribution in [0, 0.1) is 0 Å². The molecular formula is C14H21N5O2. The second kappa shape index (κ2) is 7.47. The molecule has 7 heteroatoms. The van der Waals surface area contributed by atoms with E-state index in [0.29, 0.717) is 31.1 Å². The van der Waals surface area contributed by atoms with Crippen molar-refractivity contribution in [1.29, 1.82) is 0 Å². The highest BCUT2D eigenvalue weighted by molar-refractivity contribution is 5.38. The Morgan fingerprint density at radius 3 is 2.76 bits per heavy atom. The third-order valence-corrected chi connectivity index (χ3v) is 2.85. The number of furan rings is 1. The first-order chi connectivity index (χ1) is 10.3. The number of hydrogen-bond acceptors (Lipinski definition) is 7. The van der Waals surface area contributed by atoms with Gasteiger partial charge in [-0.2, -0.15) is 15.0 Å². The molecule has 7 nitrogen and oxygen atoms in total. The number of rotatable bonds is 8. The third-order valence-electron chi connectivity index (χ3n) is 2.85. The van der Waals surface area contributed by atoms with E-state index >= 15 is 0 Å². The van der Waals surface area contributed by atoms with Crippen molar-refractivity contribution < 1.29 is 9.15 Å². The van der Waals surface area contributed by atoms with Crippen LogP contribution in [0.4, 0.5) is 11.9 Å². The van der Waals surface area contributed by atoms with Crippen LogP contribution in [0.15, 0.2) is 22.8 Å². The molecule has 0 aliphatic carbocycles. The van der Waals surface area contributed by atoms with Crippen molar-refractivity contribution in [2.45, 2.75) is 26.8 Å². The lowest BCUT2D eigenvalue weighted by molar-refractivity contribution is 0.291. The molecule has 2 rings (SSSR count). The summed E-state index contributed by atoms with van der Waals surface area (Å²) in [7, 11) is 1.77. The first-order valence-corrected chi connectivity index (χ1v) is 7.10. The van der Waals surface area contributed by atoms with Crippen molar-refractivity contribution in [2.75, 3.05) is 30.4 Å². The topological polar surface area (TPSA) is 76.3 Å². The van der Waals surface area contributed by atoms with Crippen molar-refractivity contribution in [1.82, 2.24) is 15.0 Å². The van der Waals surface area contributed by atoms with E-state index in [0.717, 1.165) is 18.7 Å². The fourth-order valence-corrected chi connectivity index (χ4v) is 1.77. The van der Waals surface area contributed by atoms with Crippen LogP contribution in [0.2, 0.25) is 0 Å². The molecule has 0 saturated heterocycles. The molecule has 0 bridgehead atoms. The molecule has 0 saturated carbocycles. The molecule has 0 aromatic carbocycles. The van der Waals surface area contributed by atoms with Gasteiger partial charge in [-0.05, 0) is 25.5 Å². The van der Waals surface area contributed by atoms with Crippen molar-refractivity contribution in [3.05, 3.63) is 24.2 Å². The summed E-state index contributed by atoms with van der Waals surface area (Å²) in [5.41, 5.74) is 0. The van der Waals surface area contributed by atoms with E-state index in [1.807, 2.05) is 30.9 Å². The van der Waals surface area contributed by atoms with Gasteiger partial charge in [0.05, 0.1) is 19.4 Å². The number of nitrogens with zero attached hydrogens (tertiary/aromatic N) is 4. The molecule has 0 unspecified atom stereocenters. The van der Waals surface area contributed by atoms with Crippen LogP contribution in [0.3, 0.4) is 0 Å². The van der Waals surface area contributed by atoms with Crippen LogP contribution in [0.5, 0.6) is 6.01 Å². The summed E-state index contributed by atoms with van der Waals surface area (Å²) in [6.45, 7) is 6.01. The van der Waals surface area contributed by atoms with Gasteiger partial charge < -0.3 is 19.4 Å². The molecule has 1 N–H and O–H groups in total. The molecular weight excluding hydrogens is 270 g/mol. The van der Waals surface area contributed by atoms with Crippen LogP contribution >= 0.6 is 0 Å². The molecule has 2 heterocycles. The zero-order valence-corrected chi connectivity index (χ0v) is 12.7. The molecule has 2 aromatic rings. The summed E-state index contributed by atoms with van der Waals surface area (Å²) in [4.78, 5) is 15.0. The first kappa shape index (κ1) is 15.1. The van der Waals surface area contributed by atoms with Crippen molar-refractivity contribution in [2.24, 2.45) is 0 Å². The average molecular weight is 291 g/mol. The van der Waals surface area contributed by atoms with E-state index in [-0.39, 0.29) is 0 Å². The standard InChI is InChI=1S/C14H21N5O2/c1-4-8-21-14-17-12(15-3)16-13(18-14)19(5-2)10-11-7-6-9-20-11/h6-7,9H,4-5,8,10H2,1-3H3,(H,15,16,17,18). The number of nitrogens with one attached hydrogen (secondary N) is 1. The van der Waals surface area contributed by atoms with Crippen molar-refractivity contribution in [3.63, 3.8) is 0 Å². The summed E-state index contributed by atoms with van der Waals surface area (Å²) in [5, 5.41) is 2.93. The van der Waals surface area contributed by atoms with Gasteiger partial charge in [0.15, 0.2) is 0 Å². The maximum atomic E-state index is 5.52. The Kier molecular flexibility index (Phi) is 5.36. The SMILES string of the molecule is CCCOc1nc(NC)nc(N(CC)Cc2ccco2)n1. The van der Waals surface area contributed by atoms with Gasteiger partial charge in [-0.3, -0.25) is 0 Å². The van der Waals surface area contributed by atoms with Crippen LogP contribution in [-0.2, 0) is 6.54 Å². The van der Waals surface area contributed by atoms with Gasteiger partial charge in [0.25, 0.3) is 0 Å².